The van der Waals surface area contributed by atoms with Crippen LogP contribution in [-0.2, 0) is 16.0 Å². The maximum absolute atomic E-state index is 13.3. The van der Waals surface area contributed by atoms with E-state index in [2.05, 4.69) is 10.6 Å². The first-order chi connectivity index (χ1) is 17.2. The molecule has 194 valence electrons. The molecule has 0 unspecified atom stereocenters. The van der Waals surface area contributed by atoms with E-state index in [1.54, 1.807) is 19.2 Å². The van der Waals surface area contributed by atoms with E-state index in [1.807, 2.05) is 12.3 Å². The second-order valence-corrected chi connectivity index (χ2v) is 9.40. The van der Waals surface area contributed by atoms with E-state index in [1.165, 1.54) is 39.0 Å². The van der Waals surface area contributed by atoms with Crippen molar-refractivity contribution in [3.05, 3.63) is 45.6 Å². The Balaban J connectivity index is 2.28. The van der Waals surface area contributed by atoms with Crippen molar-refractivity contribution in [2.24, 2.45) is 0 Å². The molecule has 1 amide bonds. The number of rotatable bonds is 10. The van der Waals surface area contributed by atoms with Crippen molar-refractivity contribution in [2.75, 3.05) is 38.7 Å². The fourth-order valence-electron chi connectivity index (χ4n) is 4.51. The molecule has 10 heteroatoms. The van der Waals surface area contributed by atoms with Gasteiger partial charge in [-0.25, -0.2) is 4.79 Å². The molecule has 1 aliphatic rings. The largest absolute Gasteiger partial charge is 0.493 e. The van der Waals surface area contributed by atoms with Gasteiger partial charge in [0.25, 0.3) is 0 Å². The number of carboxylic acids is 1. The number of anilines is 1. The molecule has 0 spiro atoms. The highest BCUT2D eigenvalue weighted by atomic mass is 32.2. The summed E-state index contributed by atoms with van der Waals surface area (Å²) in [5, 5.41) is 15.5. The topological polar surface area (TPSA) is 123 Å². The Morgan fingerprint density at radius 2 is 1.86 bits per heavy atom. The van der Waals surface area contributed by atoms with Gasteiger partial charge in [0, 0.05) is 12.5 Å². The number of hydrogen-bond acceptors (Lipinski definition) is 8. The molecule has 0 radical (unpaired) electrons. The second-order valence-electron chi connectivity index (χ2n) is 8.41. The summed E-state index contributed by atoms with van der Waals surface area (Å²) in [6.07, 6.45) is 3.38. The monoisotopic (exact) mass is 516 g/mol. The molecular formula is C26H32N2O7S. The zero-order valence-corrected chi connectivity index (χ0v) is 21.9. The number of carbonyl (C=O) groups excluding carboxylic acids is 1. The predicted molar refractivity (Wildman–Crippen MR) is 141 cm³/mol. The van der Waals surface area contributed by atoms with Gasteiger partial charge in [-0.15, -0.1) is 0 Å². The number of amides is 1. The lowest BCUT2D eigenvalue weighted by atomic mass is 9.95. The maximum atomic E-state index is 13.3. The van der Waals surface area contributed by atoms with Crippen molar-refractivity contribution in [2.45, 2.75) is 38.3 Å². The van der Waals surface area contributed by atoms with Gasteiger partial charge in [0.2, 0.25) is 17.1 Å². The van der Waals surface area contributed by atoms with Crippen LogP contribution in [0.1, 0.15) is 36.9 Å². The second kappa shape index (κ2) is 12.0. The number of benzene rings is 1. The average molecular weight is 517 g/mol. The first-order valence-corrected chi connectivity index (χ1v) is 12.9. The number of aliphatic carboxylic acids is 1. The molecule has 2 atom stereocenters. The summed E-state index contributed by atoms with van der Waals surface area (Å²) in [6, 6.07) is 5.35. The SMILES string of the molecule is COc1cc2c(c(OC)c1OC)-c1ccc(N[C@@H](CCSC)C(=O)O)c(=O)cc1[C@@H](NC(C)=O)CC2. The number of hydrogen-bond donors (Lipinski definition) is 3. The van der Waals surface area contributed by atoms with Gasteiger partial charge >= 0.3 is 5.97 Å². The summed E-state index contributed by atoms with van der Waals surface area (Å²) in [5.74, 6) is 0.754. The average Bonchev–Trinajstić information content (AvgIpc) is 3.09. The maximum Gasteiger partial charge on any atom is 0.326 e. The Morgan fingerprint density at radius 1 is 1.14 bits per heavy atom. The quantitative estimate of drug-likeness (QED) is 0.435. The van der Waals surface area contributed by atoms with E-state index >= 15 is 0 Å². The lowest BCUT2D eigenvalue weighted by Gasteiger charge is -2.19. The molecule has 0 saturated carbocycles. The minimum atomic E-state index is -1.03. The molecule has 0 aromatic heterocycles. The molecule has 0 fully saturated rings. The third-order valence-electron chi connectivity index (χ3n) is 6.15. The molecule has 9 nitrogen and oxygen atoms in total. The van der Waals surface area contributed by atoms with Gasteiger partial charge in [0.1, 0.15) is 6.04 Å². The lowest BCUT2D eigenvalue weighted by Crippen LogP contribution is -2.31. The van der Waals surface area contributed by atoms with Crippen molar-refractivity contribution in [3.8, 4) is 28.4 Å². The zero-order chi connectivity index (χ0) is 26.4. The van der Waals surface area contributed by atoms with Gasteiger partial charge in [-0.1, -0.05) is 6.07 Å². The van der Waals surface area contributed by atoms with Crippen LogP contribution in [0.3, 0.4) is 0 Å². The summed E-state index contributed by atoms with van der Waals surface area (Å²) in [7, 11) is 4.60. The van der Waals surface area contributed by atoms with Crippen LogP contribution in [0.25, 0.3) is 11.1 Å². The molecule has 0 aliphatic heterocycles. The van der Waals surface area contributed by atoms with Gasteiger partial charge in [0.15, 0.2) is 11.5 Å². The number of carboxylic acid groups (broad SMARTS) is 1. The normalized spacial score (nSPS) is 15.0. The van der Waals surface area contributed by atoms with Crippen LogP contribution in [0.15, 0.2) is 29.1 Å². The number of ether oxygens (including phenoxy) is 3. The third-order valence-corrected chi connectivity index (χ3v) is 6.80. The third kappa shape index (κ3) is 5.70. The molecule has 2 aromatic carbocycles. The van der Waals surface area contributed by atoms with E-state index < -0.39 is 18.1 Å². The van der Waals surface area contributed by atoms with Gasteiger partial charge in [-0.3, -0.25) is 9.59 Å². The number of methoxy groups -OCH3 is 3. The van der Waals surface area contributed by atoms with Crippen LogP contribution in [-0.4, -0.2) is 56.4 Å². The summed E-state index contributed by atoms with van der Waals surface area (Å²) in [6.45, 7) is 1.43. The van der Waals surface area contributed by atoms with Crippen LogP contribution in [0.4, 0.5) is 5.69 Å². The number of nitrogens with one attached hydrogen (secondary N) is 2. The van der Waals surface area contributed by atoms with Gasteiger partial charge in [-0.2, -0.15) is 11.8 Å². The Hall–Kier alpha value is -3.40. The fraction of sp³-hybridized carbons (Fsp3) is 0.423. The Labute approximate surface area is 214 Å². The first kappa shape index (κ1) is 27.2. The molecule has 36 heavy (non-hydrogen) atoms. The smallest absolute Gasteiger partial charge is 0.326 e. The van der Waals surface area contributed by atoms with Crippen molar-refractivity contribution in [1.82, 2.24) is 5.32 Å². The van der Waals surface area contributed by atoms with Gasteiger partial charge in [-0.05, 0) is 66.2 Å². The number of aryl methyl sites for hydroxylation is 1. The molecule has 1 aliphatic carbocycles. The van der Waals surface area contributed by atoms with Crippen LogP contribution >= 0.6 is 11.8 Å². The molecule has 3 N–H and O–H groups in total. The fourth-order valence-corrected chi connectivity index (χ4v) is 4.98. The van der Waals surface area contributed by atoms with Crippen molar-refractivity contribution in [1.29, 1.82) is 0 Å². The molecule has 3 rings (SSSR count). The van der Waals surface area contributed by atoms with E-state index in [-0.39, 0.29) is 17.0 Å². The van der Waals surface area contributed by atoms with Crippen molar-refractivity contribution < 1.29 is 28.9 Å². The highest BCUT2D eigenvalue weighted by Gasteiger charge is 2.29. The summed E-state index contributed by atoms with van der Waals surface area (Å²) in [4.78, 5) is 37.1. The molecule has 2 aromatic rings. The molecule has 0 saturated heterocycles. The van der Waals surface area contributed by atoms with Gasteiger partial charge < -0.3 is 30.0 Å². The van der Waals surface area contributed by atoms with E-state index in [0.29, 0.717) is 53.4 Å². The number of carbonyl (C=O) groups is 2. The van der Waals surface area contributed by atoms with Crippen molar-refractivity contribution in [3.63, 3.8) is 0 Å². The van der Waals surface area contributed by atoms with Crippen LogP contribution in [0.5, 0.6) is 17.2 Å². The molecule has 0 heterocycles. The Bertz CT molecular complexity index is 1200. The first-order valence-electron chi connectivity index (χ1n) is 11.5. The van der Waals surface area contributed by atoms with Crippen LogP contribution < -0.4 is 30.3 Å². The van der Waals surface area contributed by atoms with Crippen LogP contribution in [0.2, 0.25) is 0 Å². The number of thioether (sulfide) groups is 1. The highest BCUT2D eigenvalue weighted by molar-refractivity contribution is 7.98. The Morgan fingerprint density at radius 3 is 2.44 bits per heavy atom. The number of fused-ring (bicyclic) bond motifs is 3. The molecule has 0 bridgehead atoms. The van der Waals surface area contributed by atoms with E-state index in [9.17, 15) is 19.5 Å². The van der Waals surface area contributed by atoms with Gasteiger partial charge in [0.05, 0.1) is 33.1 Å². The lowest BCUT2D eigenvalue weighted by molar-refractivity contribution is -0.138. The summed E-state index contributed by atoms with van der Waals surface area (Å²) in [5.41, 5.74) is 2.74. The van der Waals surface area contributed by atoms with Crippen LogP contribution in [0, 0.1) is 0 Å². The summed E-state index contributed by atoms with van der Waals surface area (Å²) >= 11 is 1.53. The minimum absolute atomic E-state index is 0.166. The minimum Gasteiger partial charge on any atom is -0.493 e. The standard InChI is InChI=1S/C26H32N2O7S/c1-14(29)27-18-8-6-15-12-22(33-2)24(34-3)25(35-4)23(15)16-7-9-19(21(30)13-17(16)18)28-20(26(31)32)10-11-36-5/h7,9,12-13,18,20H,6,8,10-11H2,1-5H3,(H,27,29)(H,28,30)(H,31,32)/t18-,20-/m0/s1. The Kier molecular flexibility index (Phi) is 9.08. The predicted octanol–water partition coefficient (Wildman–Crippen LogP) is 3.48. The van der Waals surface area contributed by atoms with E-state index in [0.717, 1.165) is 11.1 Å². The highest BCUT2D eigenvalue weighted by Crippen LogP contribution is 2.50. The zero-order valence-electron chi connectivity index (χ0n) is 21.1. The summed E-state index contributed by atoms with van der Waals surface area (Å²) < 4.78 is 16.9. The van der Waals surface area contributed by atoms with Crippen molar-refractivity contribution >= 4 is 29.3 Å². The molecular weight excluding hydrogens is 484 g/mol. The van der Waals surface area contributed by atoms with E-state index in [4.69, 9.17) is 14.2 Å².